The highest BCUT2D eigenvalue weighted by Gasteiger charge is 2.16. The van der Waals surface area contributed by atoms with Crippen molar-refractivity contribution in [1.29, 1.82) is 0 Å². The fourth-order valence-electron chi connectivity index (χ4n) is 1.13. The van der Waals surface area contributed by atoms with Crippen LogP contribution in [0.25, 0.3) is 0 Å². The van der Waals surface area contributed by atoms with Gasteiger partial charge in [-0.2, -0.15) is 0 Å². The van der Waals surface area contributed by atoms with Crippen LogP contribution in [0.4, 0.5) is 4.79 Å². The number of carbonyl (C=O) groups excluding carboxylic acids is 2. The van der Waals surface area contributed by atoms with Crippen molar-refractivity contribution in [3.05, 3.63) is 17.5 Å². The summed E-state index contributed by atoms with van der Waals surface area (Å²) in [6.45, 7) is 6.94. The molecule has 0 saturated heterocycles. The second-order valence-corrected chi connectivity index (χ2v) is 4.79. The number of nitrogens with one attached hydrogen (secondary N) is 2. The van der Waals surface area contributed by atoms with Gasteiger partial charge in [0, 0.05) is 6.07 Å². The number of aromatic nitrogens is 1. The van der Waals surface area contributed by atoms with Crippen molar-refractivity contribution in [3.63, 3.8) is 0 Å². The average Bonchev–Trinajstić information content (AvgIpc) is 2.58. The zero-order valence-corrected chi connectivity index (χ0v) is 10.9. The standard InChI is InChI=1S/C11H17N3O4/c1-7-5-8(18-14-7)6-9(15)12-13-10(16)17-11(2,3)4/h5H,6H2,1-4H3,(H,12,15)(H,13,16). The molecule has 2 N–H and O–H groups in total. The number of rotatable bonds is 2. The quantitative estimate of drug-likeness (QED) is 0.771. The van der Waals surface area contributed by atoms with Gasteiger partial charge in [-0.25, -0.2) is 10.2 Å². The fraction of sp³-hybridized carbons (Fsp3) is 0.545. The molecule has 0 aliphatic carbocycles. The molecule has 0 aliphatic heterocycles. The largest absolute Gasteiger partial charge is 0.443 e. The summed E-state index contributed by atoms with van der Waals surface area (Å²) in [4.78, 5) is 22.7. The van der Waals surface area contributed by atoms with E-state index in [0.717, 1.165) is 0 Å². The van der Waals surface area contributed by atoms with Crippen LogP contribution in [0.3, 0.4) is 0 Å². The predicted octanol–water partition coefficient (Wildman–Crippen LogP) is 1.08. The molecule has 0 saturated carbocycles. The molecule has 7 nitrogen and oxygen atoms in total. The number of hydrogen-bond acceptors (Lipinski definition) is 5. The fourth-order valence-corrected chi connectivity index (χ4v) is 1.13. The van der Waals surface area contributed by atoms with E-state index in [1.807, 2.05) is 0 Å². The van der Waals surface area contributed by atoms with Crippen molar-refractivity contribution in [3.8, 4) is 0 Å². The maximum absolute atomic E-state index is 11.4. The van der Waals surface area contributed by atoms with E-state index in [-0.39, 0.29) is 6.42 Å². The zero-order valence-electron chi connectivity index (χ0n) is 10.9. The summed E-state index contributed by atoms with van der Waals surface area (Å²) >= 11 is 0. The Morgan fingerprint density at radius 3 is 2.56 bits per heavy atom. The Labute approximate surface area is 105 Å². The average molecular weight is 255 g/mol. The molecular weight excluding hydrogens is 238 g/mol. The molecule has 0 fully saturated rings. The summed E-state index contributed by atoms with van der Waals surface area (Å²) in [5.41, 5.74) is 4.43. The van der Waals surface area contributed by atoms with Crippen LogP contribution in [0.5, 0.6) is 0 Å². The SMILES string of the molecule is Cc1cc(CC(=O)NNC(=O)OC(C)(C)C)on1. The van der Waals surface area contributed by atoms with Gasteiger partial charge in [0.1, 0.15) is 11.4 Å². The predicted molar refractivity (Wildman–Crippen MR) is 62.5 cm³/mol. The molecule has 0 radical (unpaired) electrons. The van der Waals surface area contributed by atoms with Gasteiger partial charge in [0.05, 0.1) is 12.1 Å². The molecule has 18 heavy (non-hydrogen) atoms. The third kappa shape index (κ3) is 5.33. The summed E-state index contributed by atoms with van der Waals surface area (Å²) in [7, 11) is 0. The maximum atomic E-state index is 11.4. The molecule has 1 aromatic heterocycles. The van der Waals surface area contributed by atoms with E-state index >= 15 is 0 Å². The molecule has 100 valence electrons. The first kappa shape index (κ1) is 14.0. The topological polar surface area (TPSA) is 93.5 Å². The normalized spacial score (nSPS) is 10.9. The lowest BCUT2D eigenvalue weighted by Crippen LogP contribution is -2.44. The van der Waals surface area contributed by atoms with E-state index in [9.17, 15) is 9.59 Å². The molecule has 0 aromatic carbocycles. The van der Waals surface area contributed by atoms with E-state index in [1.54, 1.807) is 33.8 Å². The lowest BCUT2D eigenvalue weighted by atomic mass is 10.2. The molecule has 0 atom stereocenters. The van der Waals surface area contributed by atoms with Gasteiger partial charge in [0.25, 0.3) is 0 Å². The minimum atomic E-state index is -0.718. The van der Waals surface area contributed by atoms with Crippen LogP contribution in [0.1, 0.15) is 32.2 Å². The van der Waals surface area contributed by atoms with Crippen LogP contribution >= 0.6 is 0 Å². The van der Waals surface area contributed by atoms with Gasteiger partial charge in [-0.05, 0) is 27.7 Å². The van der Waals surface area contributed by atoms with E-state index in [2.05, 4.69) is 16.0 Å². The van der Waals surface area contributed by atoms with Crippen LogP contribution in [-0.4, -0.2) is 22.8 Å². The monoisotopic (exact) mass is 255 g/mol. The first-order valence-corrected chi connectivity index (χ1v) is 5.46. The third-order valence-corrected chi connectivity index (χ3v) is 1.71. The van der Waals surface area contributed by atoms with Crippen LogP contribution in [0.2, 0.25) is 0 Å². The minimum absolute atomic E-state index is 0.00334. The number of hydrazine groups is 1. The number of hydrogen-bond donors (Lipinski definition) is 2. The Kier molecular flexibility index (Phi) is 4.30. The molecule has 0 bridgehead atoms. The summed E-state index contributed by atoms with van der Waals surface area (Å²) in [6, 6.07) is 1.65. The van der Waals surface area contributed by atoms with Gasteiger partial charge in [-0.15, -0.1) is 0 Å². The van der Waals surface area contributed by atoms with Gasteiger partial charge < -0.3 is 9.26 Å². The molecule has 1 rings (SSSR count). The lowest BCUT2D eigenvalue weighted by molar-refractivity contribution is -0.121. The Morgan fingerprint density at radius 1 is 1.39 bits per heavy atom. The number of nitrogens with zero attached hydrogens (tertiary/aromatic N) is 1. The van der Waals surface area contributed by atoms with Crippen LogP contribution in [-0.2, 0) is 16.0 Å². The van der Waals surface area contributed by atoms with E-state index in [0.29, 0.717) is 11.5 Å². The van der Waals surface area contributed by atoms with Gasteiger partial charge >= 0.3 is 6.09 Å². The van der Waals surface area contributed by atoms with Crippen molar-refractivity contribution in [2.24, 2.45) is 0 Å². The van der Waals surface area contributed by atoms with Crippen molar-refractivity contribution in [2.45, 2.75) is 39.7 Å². The lowest BCUT2D eigenvalue weighted by Gasteiger charge is -2.19. The molecule has 7 heteroatoms. The van der Waals surface area contributed by atoms with Crippen molar-refractivity contribution in [1.82, 2.24) is 16.0 Å². The number of carbonyl (C=O) groups is 2. The van der Waals surface area contributed by atoms with Gasteiger partial charge in [0.2, 0.25) is 5.91 Å². The molecule has 0 unspecified atom stereocenters. The van der Waals surface area contributed by atoms with Crippen LogP contribution < -0.4 is 10.9 Å². The third-order valence-electron chi connectivity index (χ3n) is 1.71. The Morgan fingerprint density at radius 2 is 2.06 bits per heavy atom. The first-order valence-electron chi connectivity index (χ1n) is 5.46. The van der Waals surface area contributed by atoms with Crippen molar-refractivity contribution >= 4 is 12.0 Å². The summed E-state index contributed by atoms with van der Waals surface area (Å²) in [5, 5.41) is 3.65. The second kappa shape index (κ2) is 5.52. The molecule has 0 aliphatic rings. The highest BCUT2D eigenvalue weighted by atomic mass is 16.6. The number of amides is 2. The minimum Gasteiger partial charge on any atom is -0.443 e. The van der Waals surface area contributed by atoms with Crippen molar-refractivity contribution < 1.29 is 18.8 Å². The van der Waals surface area contributed by atoms with Gasteiger partial charge in [-0.1, -0.05) is 5.16 Å². The summed E-state index contributed by atoms with van der Waals surface area (Å²) < 4.78 is 9.81. The Bertz CT molecular complexity index is 434. The summed E-state index contributed by atoms with van der Waals surface area (Å²) in [5.74, 6) is 0.00741. The van der Waals surface area contributed by atoms with E-state index in [1.165, 1.54) is 0 Å². The van der Waals surface area contributed by atoms with Crippen LogP contribution in [0, 0.1) is 6.92 Å². The highest BCUT2D eigenvalue weighted by Crippen LogP contribution is 2.06. The Balaban J connectivity index is 2.31. The molecule has 1 heterocycles. The van der Waals surface area contributed by atoms with Crippen molar-refractivity contribution in [2.75, 3.05) is 0 Å². The second-order valence-electron chi connectivity index (χ2n) is 4.79. The smallest absolute Gasteiger partial charge is 0.426 e. The number of ether oxygens (including phenoxy) is 1. The van der Waals surface area contributed by atoms with E-state index < -0.39 is 17.6 Å². The molecular formula is C11H17N3O4. The first-order chi connectivity index (χ1) is 8.26. The van der Waals surface area contributed by atoms with Crippen LogP contribution in [0.15, 0.2) is 10.6 Å². The molecule has 2 amide bonds. The van der Waals surface area contributed by atoms with Gasteiger partial charge in [-0.3, -0.25) is 10.2 Å². The maximum Gasteiger partial charge on any atom is 0.426 e. The number of aryl methyl sites for hydroxylation is 1. The molecule has 0 spiro atoms. The van der Waals surface area contributed by atoms with E-state index in [4.69, 9.17) is 9.26 Å². The summed E-state index contributed by atoms with van der Waals surface area (Å²) in [6.07, 6.45) is -0.721. The highest BCUT2D eigenvalue weighted by molar-refractivity contribution is 5.80. The van der Waals surface area contributed by atoms with Gasteiger partial charge in [0.15, 0.2) is 0 Å². The molecule has 1 aromatic rings. The zero-order chi connectivity index (χ0) is 13.8. The Hall–Kier alpha value is -2.05.